The number of rotatable bonds is 4. The van der Waals surface area contributed by atoms with E-state index in [-0.39, 0.29) is 5.91 Å². The second kappa shape index (κ2) is 6.66. The van der Waals surface area contributed by atoms with Gasteiger partial charge in [-0.25, -0.2) is 0 Å². The molecular weight excluding hydrogens is 238 g/mol. The number of nitrogens with one attached hydrogen (secondary N) is 1. The monoisotopic (exact) mass is 261 g/mol. The number of hydrogen-bond donors (Lipinski definition) is 1. The van der Waals surface area contributed by atoms with Gasteiger partial charge in [0.05, 0.1) is 11.9 Å². The molecule has 0 aliphatic carbocycles. The Bertz CT molecular complexity index is 401. The van der Waals surface area contributed by atoms with E-state index in [1.54, 1.807) is 17.3 Å². The highest BCUT2D eigenvalue weighted by Crippen LogP contribution is 2.24. The Morgan fingerprint density at radius 2 is 2.47 bits per heavy atom. The molecule has 2 rings (SSSR count). The van der Waals surface area contributed by atoms with Crippen LogP contribution in [0.2, 0.25) is 0 Å². The largest absolute Gasteiger partial charge is 0.316 e. The molecule has 0 bridgehead atoms. The van der Waals surface area contributed by atoms with Crippen molar-refractivity contribution in [1.29, 1.82) is 0 Å². The number of pyridine rings is 1. The summed E-state index contributed by atoms with van der Waals surface area (Å²) in [6, 6.07) is 3.77. The fourth-order valence-corrected chi connectivity index (χ4v) is 2.64. The number of amides is 1. The first-order valence-electron chi connectivity index (χ1n) is 7.06. The molecule has 1 saturated heterocycles. The van der Waals surface area contributed by atoms with Gasteiger partial charge in [0.1, 0.15) is 0 Å². The van der Waals surface area contributed by atoms with Crippen molar-refractivity contribution in [2.75, 3.05) is 25.0 Å². The number of carbonyl (C=O) groups excluding carboxylic acids is 1. The van der Waals surface area contributed by atoms with E-state index >= 15 is 0 Å². The van der Waals surface area contributed by atoms with Crippen molar-refractivity contribution >= 4 is 11.6 Å². The second-order valence-corrected chi connectivity index (χ2v) is 5.45. The minimum Gasteiger partial charge on any atom is -0.316 e. The topological polar surface area (TPSA) is 45.2 Å². The van der Waals surface area contributed by atoms with Gasteiger partial charge in [-0.1, -0.05) is 6.92 Å². The quantitative estimate of drug-likeness (QED) is 0.902. The van der Waals surface area contributed by atoms with Gasteiger partial charge in [0.2, 0.25) is 5.91 Å². The zero-order valence-corrected chi connectivity index (χ0v) is 11.8. The van der Waals surface area contributed by atoms with Gasteiger partial charge in [0.25, 0.3) is 0 Å². The fraction of sp³-hybridized carbons (Fsp3) is 0.600. The molecule has 2 heterocycles. The van der Waals surface area contributed by atoms with Gasteiger partial charge < -0.3 is 10.2 Å². The van der Waals surface area contributed by atoms with Gasteiger partial charge in [-0.2, -0.15) is 0 Å². The van der Waals surface area contributed by atoms with E-state index in [1.807, 2.05) is 19.2 Å². The van der Waals surface area contributed by atoms with Crippen LogP contribution in [0.1, 0.15) is 26.2 Å². The lowest BCUT2D eigenvalue weighted by Crippen LogP contribution is -2.36. The number of nitrogens with zero attached hydrogens (tertiary/aromatic N) is 2. The number of aromatic nitrogens is 1. The van der Waals surface area contributed by atoms with Gasteiger partial charge in [-0.15, -0.1) is 0 Å². The van der Waals surface area contributed by atoms with E-state index in [4.69, 9.17) is 0 Å². The summed E-state index contributed by atoms with van der Waals surface area (Å²) in [7, 11) is 1.82. The van der Waals surface area contributed by atoms with Crippen LogP contribution in [-0.4, -0.2) is 31.0 Å². The first-order valence-corrected chi connectivity index (χ1v) is 7.06. The number of piperidine rings is 1. The molecule has 0 radical (unpaired) electrons. The van der Waals surface area contributed by atoms with Crippen LogP contribution in [0.4, 0.5) is 5.69 Å². The molecule has 1 aromatic heterocycles. The highest BCUT2D eigenvalue weighted by molar-refractivity contribution is 5.92. The van der Waals surface area contributed by atoms with E-state index in [0.29, 0.717) is 18.3 Å². The molecule has 0 saturated carbocycles. The average Bonchev–Trinajstić information content (AvgIpc) is 2.48. The zero-order valence-electron chi connectivity index (χ0n) is 11.8. The Morgan fingerprint density at radius 1 is 1.63 bits per heavy atom. The average molecular weight is 261 g/mol. The van der Waals surface area contributed by atoms with Crippen molar-refractivity contribution in [3.63, 3.8) is 0 Å². The molecule has 4 heteroatoms. The van der Waals surface area contributed by atoms with Gasteiger partial charge in [-0.3, -0.25) is 9.78 Å². The molecule has 2 unspecified atom stereocenters. The van der Waals surface area contributed by atoms with Crippen molar-refractivity contribution in [3.8, 4) is 0 Å². The normalized spacial score (nSPS) is 20.8. The van der Waals surface area contributed by atoms with Crippen LogP contribution in [-0.2, 0) is 4.79 Å². The Labute approximate surface area is 115 Å². The summed E-state index contributed by atoms with van der Waals surface area (Å²) >= 11 is 0. The Morgan fingerprint density at radius 3 is 3.11 bits per heavy atom. The Kier molecular flexibility index (Phi) is 4.91. The molecule has 2 atom stereocenters. The third kappa shape index (κ3) is 3.77. The van der Waals surface area contributed by atoms with E-state index in [0.717, 1.165) is 18.8 Å². The van der Waals surface area contributed by atoms with Gasteiger partial charge >= 0.3 is 0 Å². The van der Waals surface area contributed by atoms with Crippen molar-refractivity contribution < 1.29 is 4.79 Å². The predicted octanol–water partition coefficient (Wildman–Crippen LogP) is 2.07. The number of carbonyl (C=O) groups is 1. The maximum absolute atomic E-state index is 12.3. The molecule has 104 valence electrons. The summed E-state index contributed by atoms with van der Waals surface area (Å²) in [5.74, 6) is 1.23. The highest BCUT2D eigenvalue weighted by Gasteiger charge is 2.23. The highest BCUT2D eigenvalue weighted by atomic mass is 16.2. The van der Waals surface area contributed by atoms with Crippen molar-refractivity contribution in [2.24, 2.45) is 11.8 Å². The lowest BCUT2D eigenvalue weighted by atomic mass is 9.85. The molecule has 1 N–H and O–H groups in total. The molecule has 0 aromatic carbocycles. The molecular formula is C15H23N3O. The summed E-state index contributed by atoms with van der Waals surface area (Å²) in [6.45, 7) is 4.35. The van der Waals surface area contributed by atoms with Crippen LogP contribution in [0.3, 0.4) is 0 Å². The predicted molar refractivity (Wildman–Crippen MR) is 77.0 cm³/mol. The second-order valence-electron chi connectivity index (χ2n) is 5.45. The molecule has 1 aliphatic rings. The Balaban J connectivity index is 1.89. The molecule has 1 amide bonds. The van der Waals surface area contributed by atoms with E-state index < -0.39 is 0 Å². The maximum atomic E-state index is 12.3. The van der Waals surface area contributed by atoms with Crippen molar-refractivity contribution in [3.05, 3.63) is 24.5 Å². The first kappa shape index (κ1) is 14.0. The van der Waals surface area contributed by atoms with E-state index in [2.05, 4.69) is 17.2 Å². The summed E-state index contributed by atoms with van der Waals surface area (Å²) in [4.78, 5) is 18.0. The third-order valence-electron chi connectivity index (χ3n) is 4.04. The van der Waals surface area contributed by atoms with Crippen LogP contribution in [0.25, 0.3) is 0 Å². The van der Waals surface area contributed by atoms with Crippen LogP contribution in [0.5, 0.6) is 0 Å². The summed E-state index contributed by atoms with van der Waals surface area (Å²) in [5.41, 5.74) is 0.862. The van der Waals surface area contributed by atoms with Crippen LogP contribution < -0.4 is 10.2 Å². The molecule has 1 aromatic rings. The summed E-state index contributed by atoms with van der Waals surface area (Å²) in [5, 5.41) is 3.41. The molecule has 1 aliphatic heterocycles. The van der Waals surface area contributed by atoms with E-state index in [1.165, 1.54) is 12.8 Å². The molecule has 4 nitrogen and oxygen atoms in total. The minimum atomic E-state index is 0.172. The standard InChI is InChI=1S/C15H23N3O/c1-12(13-5-3-7-16-10-13)9-15(19)18(2)14-6-4-8-17-11-14/h4,6,8,11-13,16H,3,5,7,9-10H2,1-2H3. The molecule has 1 fully saturated rings. The van der Waals surface area contributed by atoms with Gasteiger partial charge in [-0.05, 0) is 49.9 Å². The Hall–Kier alpha value is -1.42. The molecule has 19 heavy (non-hydrogen) atoms. The summed E-state index contributed by atoms with van der Waals surface area (Å²) in [6.07, 6.45) is 6.51. The molecule has 0 spiro atoms. The van der Waals surface area contributed by atoms with E-state index in [9.17, 15) is 4.79 Å². The van der Waals surface area contributed by atoms with Crippen LogP contribution >= 0.6 is 0 Å². The zero-order chi connectivity index (χ0) is 13.7. The number of hydrogen-bond acceptors (Lipinski definition) is 3. The van der Waals surface area contributed by atoms with Crippen LogP contribution in [0, 0.1) is 11.8 Å². The smallest absolute Gasteiger partial charge is 0.227 e. The third-order valence-corrected chi connectivity index (χ3v) is 4.04. The van der Waals surface area contributed by atoms with Crippen molar-refractivity contribution in [2.45, 2.75) is 26.2 Å². The summed E-state index contributed by atoms with van der Waals surface area (Å²) < 4.78 is 0. The van der Waals surface area contributed by atoms with Crippen molar-refractivity contribution in [1.82, 2.24) is 10.3 Å². The number of anilines is 1. The lowest BCUT2D eigenvalue weighted by Gasteiger charge is -2.29. The maximum Gasteiger partial charge on any atom is 0.227 e. The fourth-order valence-electron chi connectivity index (χ4n) is 2.64. The lowest BCUT2D eigenvalue weighted by molar-refractivity contribution is -0.119. The minimum absolute atomic E-state index is 0.172. The first-order chi connectivity index (χ1) is 9.18. The van der Waals surface area contributed by atoms with Gasteiger partial charge in [0, 0.05) is 19.7 Å². The van der Waals surface area contributed by atoms with Gasteiger partial charge in [0.15, 0.2) is 0 Å². The SMILES string of the molecule is CC(CC(=O)N(C)c1cccnc1)C1CCCNC1. The van der Waals surface area contributed by atoms with Crippen LogP contribution in [0.15, 0.2) is 24.5 Å².